The van der Waals surface area contributed by atoms with Crippen molar-refractivity contribution in [3.05, 3.63) is 71.0 Å². The van der Waals surface area contributed by atoms with Gasteiger partial charge in [-0.05, 0) is 51.9 Å². The number of aromatic nitrogens is 4. The summed E-state index contributed by atoms with van der Waals surface area (Å²) in [5.74, 6) is 0.848. The van der Waals surface area contributed by atoms with E-state index in [1.54, 1.807) is 11.8 Å². The van der Waals surface area contributed by atoms with E-state index in [0.29, 0.717) is 13.1 Å². The summed E-state index contributed by atoms with van der Waals surface area (Å²) in [4.78, 5) is 1.24. The highest BCUT2D eigenvalue weighted by Crippen LogP contribution is 2.24. The third-order valence-corrected chi connectivity index (χ3v) is 5.47. The van der Waals surface area contributed by atoms with Crippen LogP contribution in [0.4, 0.5) is 0 Å². The van der Waals surface area contributed by atoms with Crippen molar-refractivity contribution in [3.63, 3.8) is 0 Å². The number of unbranched alkanes of at least 4 members (excludes halogenated alkanes) is 1. The van der Waals surface area contributed by atoms with E-state index >= 15 is 0 Å². The Hall–Kier alpha value is -2.22. The molecule has 7 heteroatoms. The van der Waals surface area contributed by atoms with Gasteiger partial charge in [-0.1, -0.05) is 49.7 Å². The van der Waals surface area contributed by atoms with Gasteiger partial charge in [-0.25, -0.2) is 4.68 Å². The minimum Gasteiger partial charge on any atom is -0.326 e. The van der Waals surface area contributed by atoms with E-state index in [9.17, 15) is 0 Å². The fourth-order valence-electron chi connectivity index (χ4n) is 3.13. The standard InChI is InChI=1S/C21H28N6S/c1-3-4-12-27-21(24-25-26-27)20(18-8-10-19(28-2)11-9-18)23-15-17-7-5-6-16(13-17)14-22/h5-11,13,20,23H,3-4,12,14-15,22H2,1-2H3. The van der Waals surface area contributed by atoms with Gasteiger partial charge in [0.15, 0.2) is 5.82 Å². The first kappa shape index (κ1) is 20.5. The van der Waals surface area contributed by atoms with Gasteiger partial charge in [0, 0.05) is 24.5 Å². The van der Waals surface area contributed by atoms with Crippen molar-refractivity contribution in [2.45, 2.75) is 50.3 Å². The van der Waals surface area contributed by atoms with Crippen molar-refractivity contribution in [2.24, 2.45) is 5.73 Å². The van der Waals surface area contributed by atoms with Crippen LogP contribution in [0, 0.1) is 0 Å². The molecule has 6 nitrogen and oxygen atoms in total. The molecule has 0 amide bonds. The number of hydrogen-bond donors (Lipinski definition) is 2. The molecule has 28 heavy (non-hydrogen) atoms. The fraction of sp³-hybridized carbons (Fsp3) is 0.381. The smallest absolute Gasteiger partial charge is 0.172 e. The van der Waals surface area contributed by atoms with Crippen LogP contribution in [0.5, 0.6) is 0 Å². The molecule has 0 bridgehead atoms. The average molecular weight is 397 g/mol. The second-order valence-corrected chi connectivity index (χ2v) is 7.60. The molecule has 3 aromatic rings. The van der Waals surface area contributed by atoms with Gasteiger partial charge < -0.3 is 5.73 Å². The summed E-state index contributed by atoms with van der Waals surface area (Å²) >= 11 is 1.74. The number of hydrogen-bond acceptors (Lipinski definition) is 6. The zero-order valence-corrected chi connectivity index (χ0v) is 17.3. The fourth-order valence-corrected chi connectivity index (χ4v) is 3.53. The monoisotopic (exact) mass is 396 g/mol. The lowest BCUT2D eigenvalue weighted by atomic mass is 10.0. The Labute approximate surface area is 170 Å². The molecule has 0 aliphatic carbocycles. The van der Waals surface area contributed by atoms with E-state index < -0.39 is 0 Å². The Morgan fingerprint density at radius 1 is 1.14 bits per heavy atom. The van der Waals surface area contributed by atoms with Crippen molar-refractivity contribution in [1.29, 1.82) is 0 Å². The van der Waals surface area contributed by atoms with Gasteiger partial charge in [-0.15, -0.1) is 16.9 Å². The van der Waals surface area contributed by atoms with Crippen molar-refractivity contribution >= 4 is 11.8 Å². The lowest BCUT2D eigenvalue weighted by Gasteiger charge is -2.19. The number of thioether (sulfide) groups is 1. The van der Waals surface area contributed by atoms with Gasteiger partial charge in [0.2, 0.25) is 0 Å². The lowest BCUT2D eigenvalue weighted by molar-refractivity contribution is 0.488. The Balaban J connectivity index is 1.86. The molecule has 0 saturated heterocycles. The maximum Gasteiger partial charge on any atom is 0.172 e. The van der Waals surface area contributed by atoms with E-state index in [2.05, 4.69) is 70.4 Å². The van der Waals surface area contributed by atoms with Crippen LogP contribution in [0.15, 0.2) is 53.4 Å². The minimum atomic E-state index is -0.0794. The highest BCUT2D eigenvalue weighted by molar-refractivity contribution is 7.98. The van der Waals surface area contributed by atoms with Crippen LogP contribution in [0.2, 0.25) is 0 Å². The summed E-state index contributed by atoms with van der Waals surface area (Å²) in [5.41, 5.74) is 9.27. The van der Waals surface area contributed by atoms with Crippen LogP contribution < -0.4 is 11.1 Å². The van der Waals surface area contributed by atoms with E-state index in [-0.39, 0.29) is 6.04 Å². The molecule has 148 valence electrons. The Bertz CT molecular complexity index is 861. The maximum absolute atomic E-state index is 5.78. The molecule has 0 radical (unpaired) electrons. The number of nitrogens with one attached hydrogen (secondary N) is 1. The zero-order valence-electron chi connectivity index (χ0n) is 16.5. The largest absolute Gasteiger partial charge is 0.326 e. The zero-order chi connectivity index (χ0) is 19.8. The molecule has 0 fully saturated rings. The van der Waals surface area contributed by atoms with Crippen LogP contribution in [0.3, 0.4) is 0 Å². The van der Waals surface area contributed by atoms with Crippen LogP contribution in [0.1, 0.15) is 48.3 Å². The summed E-state index contributed by atoms with van der Waals surface area (Å²) in [6.45, 7) is 4.25. The van der Waals surface area contributed by atoms with E-state index in [0.717, 1.165) is 36.3 Å². The Morgan fingerprint density at radius 2 is 1.93 bits per heavy atom. The first-order chi connectivity index (χ1) is 13.7. The molecule has 0 saturated carbocycles. The molecular weight excluding hydrogens is 368 g/mol. The van der Waals surface area contributed by atoms with Gasteiger partial charge in [0.25, 0.3) is 0 Å². The molecule has 3 N–H and O–H groups in total. The number of tetrazole rings is 1. The average Bonchev–Trinajstić information content (AvgIpc) is 3.21. The highest BCUT2D eigenvalue weighted by Gasteiger charge is 2.21. The highest BCUT2D eigenvalue weighted by atomic mass is 32.2. The van der Waals surface area contributed by atoms with Gasteiger partial charge in [-0.3, -0.25) is 5.32 Å². The third kappa shape index (κ3) is 5.19. The number of nitrogens with zero attached hydrogens (tertiary/aromatic N) is 4. The quantitative estimate of drug-likeness (QED) is 0.510. The number of benzene rings is 2. The summed E-state index contributed by atoms with van der Waals surface area (Å²) < 4.78 is 1.92. The molecule has 0 aliphatic rings. The van der Waals surface area contributed by atoms with Crippen LogP contribution >= 0.6 is 11.8 Å². The number of aryl methyl sites for hydroxylation is 1. The molecule has 3 rings (SSSR count). The number of rotatable bonds is 10. The van der Waals surface area contributed by atoms with Crippen LogP contribution in [-0.4, -0.2) is 26.5 Å². The van der Waals surface area contributed by atoms with E-state index in [1.807, 2.05) is 16.8 Å². The Morgan fingerprint density at radius 3 is 2.64 bits per heavy atom. The topological polar surface area (TPSA) is 81.7 Å². The van der Waals surface area contributed by atoms with Crippen molar-refractivity contribution in [3.8, 4) is 0 Å². The van der Waals surface area contributed by atoms with Crippen molar-refractivity contribution in [1.82, 2.24) is 25.5 Å². The second kappa shape index (κ2) is 10.4. The summed E-state index contributed by atoms with van der Waals surface area (Å²) in [6.07, 6.45) is 4.24. The predicted octanol–water partition coefficient (Wildman–Crippen LogP) is 3.53. The molecular formula is C21H28N6S. The first-order valence-corrected chi connectivity index (χ1v) is 10.9. The number of nitrogens with two attached hydrogens (primary N) is 1. The van der Waals surface area contributed by atoms with Crippen LogP contribution in [0.25, 0.3) is 0 Å². The molecule has 1 heterocycles. The molecule has 1 aromatic heterocycles. The second-order valence-electron chi connectivity index (χ2n) is 6.72. The first-order valence-electron chi connectivity index (χ1n) is 9.66. The molecule has 2 aromatic carbocycles. The normalized spacial score (nSPS) is 12.2. The van der Waals surface area contributed by atoms with Gasteiger partial charge in [-0.2, -0.15) is 0 Å². The maximum atomic E-state index is 5.78. The molecule has 1 unspecified atom stereocenters. The summed E-state index contributed by atoms with van der Waals surface area (Å²) in [6, 6.07) is 16.9. The van der Waals surface area contributed by atoms with Gasteiger partial charge in [0.1, 0.15) is 0 Å². The van der Waals surface area contributed by atoms with Crippen LogP contribution in [-0.2, 0) is 19.6 Å². The predicted molar refractivity (Wildman–Crippen MR) is 114 cm³/mol. The SMILES string of the molecule is CCCCn1nnnc1C(NCc1cccc(CN)c1)c1ccc(SC)cc1. The van der Waals surface area contributed by atoms with E-state index in [4.69, 9.17) is 5.73 Å². The molecule has 1 atom stereocenters. The minimum absolute atomic E-state index is 0.0794. The molecule has 0 aliphatic heterocycles. The van der Waals surface area contributed by atoms with Crippen molar-refractivity contribution in [2.75, 3.05) is 6.26 Å². The third-order valence-electron chi connectivity index (χ3n) is 4.73. The Kier molecular flexibility index (Phi) is 7.59. The van der Waals surface area contributed by atoms with E-state index in [1.165, 1.54) is 10.5 Å². The summed E-state index contributed by atoms with van der Waals surface area (Å²) in [7, 11) is 0. The lowest BCUT2D eigenvalue weighted by Crippen LogP contribution is -2.26. The summed E-state index contributed by atoms with van der Waals surface area (Å²) in [5, 5.41) is 16.1. The molecule has 0 spiro atoms. The van der Waals surface area contributed by atoms with Crippen molar-refractivity contribution < 1.29 is 0 Å². The van der Waals surface area contributed by atoms with Gasteiger partial charge in [0.05, 0.1) is 6.04 Å². The van der Waals surface area contributed by atoms with Gasteiger partial charge >= 0.3 is 0 Å².